The number of carbonyl (C=O) groups excluding carboxylic acids is 1. The second-order valence-electron chi connectivity index (χ2n) is 11.7. The number of Topliss-reactive ketones (excluding diaryl/α,β-unsaturated/α-hetero) is 1. The minimum Gasteiger partial charge on any atom is -0.299 e. The van der Waals surface area contributed by atoms with Crippen LogP contribution in [0.3, 0.4) is 0 Å². The second kappa shape index (κ2) is 15.7. The standard InChI is InChI=1S/C35H44N2O.2ClH/c1-27-8-5-11-30(22-27)24-36-20-17-29(18-21-36)10-6-14-35(38)32-16-15-31-13-7-19-37(26-34(31)23-32)25-33-12-4-3-9-28(33)2;;/h3-5,8-9,11-12,15-16,22-23,29H,6-7,10,13-14,17-21,24-26H2,1-2H3;2*1H. The van der Waals surface area contributed by atoms with E-state index in [-0.39, 0.29) is 24.8 Å². The Labute approximate surface area is 254 Å². The van der Waals surface area contributed by atoms with E-state index in [0.29, 0.717) is 12.2 Å². The molecule has 0 spiro atoms. The molecule has 5 heteroatoms. The van der Waals surface area contributed by atoms with Crippen LogP contribution in [-0.4, -0.2) is 35.2 Å². The summed E-state index contributed by atoms with van der Waals surface area (Å²) in [4.78, 5) is 18.3. The average molecular weight is 582 g/mol. The van der Waals surface area contributed by atoms with Crippen molar-refractivity contribution in [1.29, 1.82) is 0 Å². The molecular formula is C35H46Cl2N2O. The summed E-state index contributed by atoms with van der Waals surface area (Å²) in [6.07, 6.45) is 7.67. The van der Waals surface area contributed by atoms with Gasteiger partial charge in [-0.3, -0.25) is 14.6 Å². The lowest BCUT2D eigenvalue weighted by Gasteiger charge is -2.32. The number of carbonyl (C=O) groups is 1. The van der Waals surface area contributed by atoms with Gasteiger partial charge in [-0.05, 0) is 112 Å². The Hall–Kier alpha value is -2.17. The normalized spacial score (nSPS) is 16.4. The van der Waals surface area contributed by atoms with Gasteiger partial charge in [-0.2, -0.15) is 0 Å². The Bertz CT molecular complexity index is 1240. The molecule has 0 bridgehead atoms. The molecule has 0 aromatic heterocycles. The van der Waals surface area contributed by atoms with Crippen LogP contribution in [0.25, 0.3) is 0 Å². The van der Waals surface area contributed by atoms with Crippen molar-refractivity contribution in [3.05, 3.63) is 106 Å². The maximum Gasteiger partial charge on any atom is 0.162 e. The predicted octanol–water partition coefficient (Wildman–Crippen LogP) is 8.36. The number of hydrogen-bond donors (Lipinski definition) is 0. The number of likely N-dealkylation sites (tertiary alicyclic amines) is 1. The maximum atomic E-state index is 13.1. The van der Waals surface area contributed by atoms with Gasteiger partial charge in [0.15, 0.2) is 5.78 Å². The van der Waals surface area contributed by atoms with Gasteiger partial charge in [-0.25, -0.2) is 0 Å². The highest BCUT2D eigenvalue weighted by molar-refractivity contribution is 5.96. The molecule has 2 heterocycles. The lowest BCUT2D eigenvalue weighted by atomic mass is 9.90. The van der Waals surface area contributed by atoms with E-state index in [9.17, 15) is 4.79 Å². The topological polar surface area (TPSA) is 23.6 Å². The first-order valence-electron chi connectivity index (χ1n) is 14.7. The van der Waals surface area contributed by atoms with Crippen molar-refractivity contribution >= 4 is 30.6 Å². The number of piperidine rings is 1. The van der Waals surface area contributed by atoms with Gasteiger partial charge in [0.1, 0.15) is 0 Å². The zero-order chi connectivity index (χ0) is 26.3. The largest absolute Gasteiger partial charge is 0.299 e. The van der Waals surface area contributed by atoms with Crippen molar-refractivity contribution in [1.82, 2.24) is 9.80 Å². The number of fused-ring (bicyclic) bond motifs is 1. The fourth-order valence-electron chi connectivity index (χ4n) is 6.36. The summed E-state index contributed by atoms with van der Waals surface area (Å²) < 4.78 is 0. The van der Waals surface area contributed by atoms with Gasteiger partial charge in [0.05, 0.1) is 0 Å². The highest BCUT2D eigenvalue weighted by Crippen LogP contribution is 2.26. The van der Waals surface area contributed by atoms with Gasteiger partial charge in [-0.15, -0.1) is 24.8 Å². The van der Waals surface area contributed by atoms with Crippen molar-refractivity contribution in [3.63, 3.8) is 0 Å². The fraction of sp³-hybridized carbons (Fsp3) is 0.457. The van der Waals surface area contributed by atoms with E-state index in [1.165, 1.54) is 72.2 Å². The lowest BCUT2D eigenvalue weighted by molar-refractivity contribution is 0.0973. The first-order valence-corrected chi connectivity index (χ1v) is 14.7. The third-order valence-electron chi connectivity index (χ3n) is 8.71. The van der Waals surface area contributed by atoms with Crippen molar-refractivity contribution in [2.75, 3.05) is 19.6 Å². The molecule has 5 rings (SSSR count). The van der Waals surface area contributed by atoms with Crippen LogP contribution in [0.5, 0.6) is 0 Å². The zero-order valence-electron chi connectivity index (χ0n) is 24.2. The fourth-order valence-corrected chi connectivity index (χ4v) is 6.36. The number of halogens is 2. The number of ketones is 1. The molecule has 3 aromatic carbocycles. The summed E-state index contributed by atoms with van der Waals surface area (Å²) in [5, 5.41) is 0. The first kappa shape index (κ1) is 32.3. The van der Waals surface area contributed by atoms with Crippen molar-refractivity contribution in [2.24, 2.45) is 5.92 Å². The Morgan fingerprint density at radius 3 is 2.40 bits per heavy atom. The molecule has 216 valence electrons. The molecule has 0 amide bonds. The smallest absolute Gasteiger partial charge is 0.162 e. The summed E-state index contributed by atoms with van der Waals surface area (Å²) in [6.45, 7) is 10.8. The second-order valence-corrected chi connectivity index (χ2v) is 11.7. The molecule has 0 saturated carbocycles. The number of benzene rings is 3. The molecule has 0 aliphatic carbocycles. The summed E-state index contributed by atoms with van der Waals surface area (Å²) in [5.41, 5.74) is 9.22. The third-order valence-corrected chi connectivity index (χ3v) is 8.71. The molecule has 0 unspecified atom stereocenters. The van der Waals surface area contributed by atoms with Crippen molar-refractivity contribution in [2.45, 2.75) is 78.4 Å². The van der Waals surface area contributed by atoms with Crippen LogP contribution in [0.1, 0.15) is 82.3 Å². The summed E-state index contributed by atoms with van der Waals surface area (Å²) in [7, 11) is 0. The number of rotatable bonds is 9. The minimum absolute atomic E-state index is 0. The third kappa shape index (κ3) is 8.91. The summed E-state index contributed by atoms with van der Waals surface area (Å²) in [5.74, 6) is 1.08. The van der Waals surface area contributed by atoms with E-state index >= 15 is 0 Å². The molecule has 2 aliphatic rings. The SMILES string of the molecule is Cc1cccc(CN2CCC(CCCC(=O)c3ccc4c(c3)CN(Cc3ccccc3C)CCC4)CC2)c1.Cl.Cl. The molecule has 0 radical (unpaired) electrons. The molecule has 1 saturated heterocycles. The molecular weight excluding hydrogens is 535 g/mol. The molecule has 3 aromatic rings. The van der Waals surface area contributed by atoms with Gasteiger partial charge in [0.2, 0.25) is 0 Å². The van der Waals surface area contributed by atoms with Crippen LogP contribution >= 0.6 is 24.8 Å². The molecule has 2 aliphatic heterocycles. The Morgan fingerprint density at radius 1 is 0.825 bits per heavy atom. The summed E-state index contributed by atoms with van der Waals surface area (Å²) in [6, 6.07) is 24.1. The van der Waals surface area contributed by atoms with Gasteiger partial charge in [-0.1, -0.05) is 66.2 Å². The highest BCUT2D eigenvalue weighted by atomic mass is 35.5. The average Bonchev–Trinajstić information content (AvgIpc) is 3.12. The van der Waals surface area contributed by atoms with Gasteiger partial charge in [0.25, 0.3) is 0 Å². The van der Waals surface area contributed by atoms with E-state index in [1.807, 2.05) is 0 Å². The monoisotopic (exact) mass is 580 g/mol. The Morgan fingerprint density at radius 2 is 1.62 bits per heavy atom. The highest BCUT2D eigenvalue weighted by Gasteiger charge is 2.21. The van der Waals surface area contributed by atoms with E-state index in [0.717, 1.165) is 50.5 Å². The van der Waals surface area contributed by atoms with E-state index in [4.69, 9.17) is 0 Å². The predicted molar refractivity (Wildman–Crippen MR) is 172 cm³/mol. The van der Waals surface area contributed by atoms with Gasteiger partial charge < -0.3 is 0 Å². The van der Waals surface area contributed by atoms with E-state index in [1.54, 1.807) is 0 Å². The lowest BCUT2D eigenvalue weighted by Crippen LogP contribution is -2.33. The maximum absolute atomic E-state index is 13.1. The van der Waals surface area contributed by atoms with Crippen LogP contribution in [0.4, 0.5) is 0 Å². The van der Waals surface area contributed by atoms with E-state index < -0.39 is 0 Å². The van der Waals surface area contributed by atoms with Crippen molar-refractivity contribution < 1.29 is 4.79 Å². The molecule has 1 fully saturated rings. The van der Waals surface area contributed by atoms with Crippen LogP contribution < -0.4 is 0 Å². The molecule has 0 atom stereocenters. The van der Waals surface area contributed by atoms with Crippen LogP contribution in [-0.2, 0) is 26.1 Å². The summed E-state index contributed by atoms with van der Waals surface area (Å²) >= 11 is 0. The zero-order valence-corrected chi connectivity index (χ0v) is 25.9. The minimum atomic E-state index is 0. The van der Waals surface area contributed by atoms with Crippen LogP contribution in [0.15, 0.2) is 66.7 Å². The van der Waals surface area contributed by atoms with Gasteiger partial charge in [0, 0.05) is 31.6 Å². The Balaban J connectivity index is 0.00000220. The number of nitrogens with zero attached hydrogens (tertiary/aromatic N) is 2. The van der Waals surface area contributed by atoms with E-state index in [2.05, 4.69) is 90.4 Å². The Kier molecular flexibility index (Phi) is 12.7. The first-order chi connectivity index (χ1) is 18.5. The molecule has 3 nitrogen and oxygen atoms in total. The van der Waals surface area contributed by atoms with Crippen molar-refractivity contribution in [3.8, 4) is 0 Å². The van der Waals surface area contributed by atoms with Gasteiger partial charge >= 0.3 is 0 Å². The number of hydrogen-bond acceptors (Lipinski definition) is 3. The number of aryl methyl sites for hydroxylation is 3. The molecule has 0 N–H and O–H groups in total. The van der Waals surface area contributed by atoms with Crippen LogP contribution in [0, 0.1) is 19.8 Å². The molecule has 40 heavy (non-hydrogen) atoms. The quantitative estimate of drug-likeness (QED) is 0.237. The van der Waals surface area contributed by atoms with Crippen LogP contribution in [0.2, 0.25) is 0 Å².